The molecule has 5 heteroatoms. The molecule has 96 valence electrons. The Balaban J connectivity index is 2.09. The Morgan fingerprint density at radius 1 is 1.10 bits per heavy atom. The third-order valence-electron chi connectivity index (χ3n) is 3.08. The minimum Gasteiger partial charge on any atom is -0.292 e. The van der Waals surface area contributed by atoms with Crippen molar-refractivity contribution in [1.82, 2.24) is 10.3 Å². The lowest BCUT2D eigenvalue weighted by atomic mass is 9.91. The van der Waals surface area contributed by atoms with Gasteiger partial charge in [-0.2, -0.15) is 5.26 Å². The zero-order valence-corrected chi connectivity index (χ0v) is 10.4. The predicted molar refractivity (Wildman–Crippen MR) is 70.9 cm³/mol. The summed E-state index contributed by atoms with van der Waals surface area (Å²) in [6.45, 7) is 0. The number of fused-ring (bicyclic) bond motifs is 1. The molecule has 0 aliphatic rings. The van der Waals surface area contributed by atoms with Crippen LogP contribution in [0.2, 0.25) is 0 Å². The van der Waals surface area contributed by atoms with Crippen LogP contribution < -0.4 is 0 Å². The van der Waals surface area contributed by atoms with Gasteiger partial charge in [-0.1, -0.05) is 42.5 Å². The van der Waals surface area contributed by atoms with Gasteiger partial charge in [-0.3, -0.25) is 4.79 Å². The summed E-state index contributed by atoms with van der Waals surface area (Å²) < 4.78 is 4.66. The number of hydrogen-bond donors (Lipinski definition) is 0. The van der Waals surface area contributed by atoms with Gasteiger partial charge >= 0.3 is 0 Å². The Morgan fingerprint density at radius 3 is 2.65 bits per heavy atom. The number of nitrogens with zero attached hydrogens (tertiary/aromatic N) is 3. The molecule has 0 aliphatic carbocycles. The highest BCUT2D eigenvalue weighted by Crippen LogP contribution is 2.26. The van der Waals surface area contributed by atoms with E-state index in [0.717, 1.165) is 0 Å². The van der Waals surface area contributed by atoms with Crippen molar-refractivity contribution in [2.24, 2.45) is 0 Å². The van der Waals surface area contributed by atoms with Gasteiger partial charge in [0.15, 0.2) is 5.78 Å². The third-order valence-corrected chi connectivity index (χ3v) is 3.08. The van der Waals surface area contributed by atoms with Gasteiger partial charge in [-0.25, -0.2) is 4.63 Å². The smallest absolute Gasteiger partial charge is 0.184 e. The number of Topliss-reactive ketones (excluding diaryl/α,β-unsaturated/α-hetero) is 1. The van der Waals surface area contributed by atoms with E-state index in [1.807, 2.05) is 12.1 Å². The van der Waals surface area contributed by atoms with Gasteiger partial charge in [0.05, 0.1) is 6.07 Å². The van der Waals surface area contributed by atoms with Crippen molar-refractivity contribution in [1.29, 1.82) is 5.26 Å². The summed E-state index contributed by atoms with van der Waals surface area (Å²) >= 11 is 0. The van der Waals surface area contributed by atoms with Crippen LogP contribution >= 0.6 is 0 Å². The second kappa shape index (κ2) is 4.94. The van der Waals surface area contributed by atoms with Crippen LogP contribution in [0.15, 0.2) is 53.2 Å². The van der Waals surface area contributed by atoms with Crippen molar-refractivity contribution in [2.75, 3.05) is 0 Å². The van der Waals surface area contributed by atoms with E-state index in [4.69, 9.17) is 0 Å². The van der Waals surface area contributed by atoms with Crippen LogP contribution in [0.3, 0.4) is 0 Å². The van der Waals surface area contributed by atoms with Crippen molar-refractivity contribution in [3.63, 3.8) is 0 Å². The number of ketones is 1. The van der Waals surface area contributed by atoms with Crippen LogP contribution in [-0.2, 0) is 0 Å². The minimum absolute atomic E-state index is 0.261. The molecule has 0 aliphatic heterocycles. The number of hydrogen-bond acceptors (Lipinski definition) is 5. The first-order valence-corrected chi connectivity index (χ1v) is 6.01. The van der Waals surface area contributed by atoms with Gasteiger partial charge in [0.2, 0.25) is 0 Å². The highest BCUT2D eigenvalue weighted by molar-refractivity contribution is 6.04. The maximum absolute atomic E-state index is 12.4. The Kier molecular flexibility index (Phi) is 2.98. The largest absolute Gasteiger partial charge is 0.292 e. The molecule has 0 N–H and O–H groups in total. The Hall–Kier alpha value is -3.00. The molecule has 1 aromatic heterocycles. The standard InChI is InChI=1S/C15H9N3O2/c16-9-12(15(19)10-5-2-1-3-6-10)11-7-4-8-13-14(11)18-20-17-13/h1-8,12H. The number of benzene rings is 2. The zero-order chi connectivity index (χ0) is 13.9. The Bertz CT molecular complexity index is 803. The van der Waals surface area contributed by atoms with Crippen LogP contribution in [0.5, 0.6) is 0 Å². The third kappa shape index (κ3) is 1.93. The summed E-state index contributed by atoms with van der Waals surface area (Å²) in [7, 11) is 0. The summed E-state index contributed by atoms with van der Waals surface area (Å²) in [6, 6.07) is 15.9. The molecule has 2 aromatic carbocycles. The molecule has 0 saturated heterocycles. The van der Waals surface area contributed by atoms with E-state index >= 15 is 0 Å². The van der Waals surface area contributed by atoms with Crippen LogP contribution in [-0.4, -0.2) is 16.1 Å². The fourth-order valence-corrected chi connectivity index (χ4v) is 2.10. The molecule has 3 aromatic rings. The van der Waals surface area contributed by atoms with Crippen LogP contribution in [0.4, 0.5) is 0 Å². The Morgan fingerprint density at radius 2 is 1.90 bits per heavy atom. The molecule has 3 rings (SSSR count). The van der Waals surface area contributed by atoms with Gasteiger partial charge in [0.1, 0.15) is 17.0 Å². The molecule has 5 nitrogen and oxygen atoms in total. The van der Waals surface area contributed by atoms with Gasteiger partial charge < -0.3 is 0 Å². The van der Waals surface area contributed by atoms with Crippen molar-refractivity contribution in [3.8, 4) is 6.07 Å². The maximum atomic E-state index is 12.4. The molecule has 0 radical (unpaired) electrons. The number of rotatable bonds is 3. The minimum atomic E-state index is -0.923. The first-order valence-electron chi connectivity index (χ1n) is 6.01. The van der Waals surface area contributed by atoms with Gasteiger partial charge in [-0.15, -0.1) is 0 Å². The van der Waals surface area contributed by atoms with Crippen LogP contribution in [0.1, 0.15) is 21.8 Å². The van der Waals surface area contributed by atoms with Gasteiger partial charge in [-0.05, 0) is 16.4 Å². The maximum Gasteiger partial charge on any atom is 0.184 e. The number of carbonyl (C=O) groups is 1. The highest BCUT2D eigenvalue weighted by Gasteiger charge is 2.25. The molecule has 20 heavy (non-hydrogen) atoms. The second-order valence-corrected chi connectivity index (χ2v) is 4.27. The molecule has 0 amide bonds. The molecule has 1 heterocycles. The van der Waals surface area contributed by atoms with Crippen molar-refractivity contribution in [2.45, 2.75) is 5.92 Å². The van der Waals surface area contributed by atoms with Crippen LogP contribution in [0, 0.1) is 11.3 Å². The van der Waals surface area contributed by atoms with Crippen LogP contribution in [0.25, 0.3) is 11.0 Å². The van der Waals surface area contributed by atoms with Gasteiger partial charge in [0, 0.05) is 11.1 Å². The van der Waals surface area contributed by atoms with Crippen molar-refractivity contribution in [3.05, 3.63) is 59.7 Å². The molecule has 0 fully saturated rings. The van der Waals surface area contributed by atoms with Crippen molar-refractivity contribution >= 4 is 16.8 Å². The molecular formula is C15H9N3O2. The summed E-state index contributed by atoms with van der Waals surface area (Å²) in [4.78, 5) is 12.4. The van der Waals surface area contributed by atoms with E-state index in [9.17, 15) is 10.1 Å². The van der Waals surface area contributed by atoms with E-state index in [1.54, 1.807) is 42.5 Å². The van der Waals surface area contributed by atoms with Crippen molar-refractivity contribution < 1.29 is 9.42 Å². The first kappa shape index (κ1) is 12.1. The fourth-order valence-electron chi connectivity index (χ4n) is 2.10. The fraction of sp³-hybridized carbons (Fsp3) is 0.0667. The summed E-state index contributed by atoms with van der Waals surface area (Å²) in [5.41, 5.74) is 1.99. The highest BCUT2D eigenvalue weighted by atomic mass is 16.6. The number of carbonyl (C=O) groups excluding carboxylic acids is 1. The first-order chi connectivity index (χ1) is 9.81. The summed E-state index contributed by atoms with van der Waals surface area (Å²) in [5, 5.41) is 16.9. The predicted octanol–water partition coefficient (Wildman–Crippen LogP) is 2.71. The van der Waals surface area contributed by atoms with Gasteiger partial charge in [0.25, 0.3) is 0 Å². The summed E-state index contributed by atoms with van der Waals surface area (Å²) in [6.07, 6.45) is 0. The molecule has 0 spiro atoms. The molecule has 0 saturated carbocycles. The number of aromatic nitrogens is 2. The number of nitriles is 1. The monoisotopic (exact) mass is 263 g/mol. The topological polar surface area (TPSA) is 79.8 Å². The second-order valence-electron chi connectivity index (χ2n) is 4.27. The average molecular weight is 263 g/mol. The zero-order valence-electron chi connectivity index (χ0n) is 10.4. The normalized spacial score (nSPS) is 11.9. The van der Waals surface area contributed by atoms with E-state index < -0.39 is 5.92 Å². The molecule has 1 atom stereocenters. The van der Waals surface area contributed by atoms with E-state index in [-0.39, 0.29) is 5.78 Å². The molecular weight excluding hydrogens is 254 g/mol. The molecule has 1 unspecified atom stereocenters. The lowest BCUT2D eigenvalue weighted by molar-refractivity contribution is 0.0979. The van der Waals surface area contributed by atoms with E-state index in [0.29, 0.717) is 22.2 Å². The average Bonchev–Trinajstić information content (AvgIpc) is 2.98. The SMILES string of the molecule is N#CC(C(=O)c1ccccc1)c1cccc2nonc12. The van der Waals surface area contributed by atoms with E-state index in [2.05, 4.69) is 14.9 Å². The lowest BCUT2D eigenvalue weighted by Gasteiger charge is -2.08. The molecule has 0 bridgehead atoms. The lowest BCUT2D eigenvalue weighted by Crippen LogP contribution is -2.11. The quantitative estimate of drug-likeness (QED) is 0.679. The summed E-state index contributed by atoms with van der Waals surface area (Å²) in [5.74, 6) is -1.18. The van der Waals surface area contributed by atoms with E-state index in [1.165, 1.54) is 0 Å². The Labute approximate surface area is 114 Å².